The predicted molar refractivity (Wildman–Crippen MR) is 216 cm³/mol. The molecule has 3 fully saturated rings. The minimum atomic E-state index is -0.652. The average Bonchev–Trinajstić information content (AvgIpc) is 3.70. The summed E-state index contributed by atoms with van der Waals surface area (Å²) in [4.78, 5) is 45.5. The van der Waals surface area contributed by atoms with Gasteiger partial charge in [-0.2, -0.15) is 0 Å². The van der Waals surface area contributed by atoms with Crippen LogP contribution in [0.5, 0.6) is 0 Å². The zero-order valence-corrected chi connectivity index (χ0v) is 31.9. The van der Waals surface area contributed by atoms with Crippen LogP contribution in [0.3, 0.4) is 0 Å². The first-order valence-electron chi connectivity index (χ1n) is 19.8. The molecule has 4 aliphatic rings. The molecular formula is C47H46N4O6. The normalized spacial score (nSPS) is 23.2. The van der Waals surface area contributed by atoms with Crippen molar-refractivity contribution >= 4 is 23.4 Å². The van der Waals surface area contributed by atoms with Crippen LogP contribution in [0.2, 0.25) is 0 Å². The predicted octanol–water partition coefficient (Wildman–Crippen LogP) is 6.86. The Hall–Kier alpha value is -5.65. The minimum absolute atomic E-state index is 0.00900. The summed E-state index contributed by atoms with van der Waals surface area (Å²) < 4.78 is 13.7. The Morgan fingerprint density at radius 3 is 2.09 bits per heavy atom. The van der Waals surface area contributed by atoms with E-state index >= 15 is 0 Å². The zero-order valence-electron chi connectivity index (χ0n) is 31.9. The van der Waals surface area contributed by atoms with Crippen LogP contribution in [0.1, 0.15) is 75.1 Å². The summed E-state index contributed by atoms with van der Waals surface area (Å²) in [5.74, 6) is -0.445. The van der Waals surface area contributed by atoms with Crippen LogP contribution in [-0.4, -0.2) is 70.6 Å². The number of nitrogens with zero attached hydrogens (tertiary/aromatic N) is 3. The number of hydrogen-bond acceptors (Lipinski definition) is 8. The Labute approximate surface area is 332 Å². The van der Waals surface area contributed by atoms with Gasteiger partial charge in [0, 0.05) is 36.8 Å². The highest BCUT2D eigenvalue weighted by atomic mass is 16.7. The maximum absolute atomic E-state index is 13.4. The lowest BCUT2D eigenvalue weighted by atomic mass is 9.84. The Balaban J connectivity index is 0.947. The number of imide groups is 1. The van der Waals surface area contributed by atoms with Crippen LogP contribution in [0.25, 0.3) is 11.1 Å². The lowest BCUT2D eigenvalue weighted by Crippen LogP contribution is -2.57. The molecule has 10 nitrogen and oxygen atoms in total. The van der Waals surface area contributed by atoms with Crippen molar-refractivity contribution in [3.63, 3.8) is 0 Å². The first-order chi connectivity index (χ1) is 27.8. The van der Waals surface area contributed by atoms with Crippen molar-refractivity contribution in [3.8, 4) is 11.1 Å². The van der Waals surface area contributed by atoms with E-state index in [0.29, 0.717) is 24.3 Å². The highest BCUT2D eigenvalue weighted by molar-refractivity contribution is 6.21. The van der Waals surface area contributed by atoms with Gasteiger partial charge in [0.15, 0.2) is 6.29 Å². The molecule has 0 aliphatic carbocycles. The molecule has 3 saturated heterocycles. The van der Waals surface area contributed by atoms with E-state index in [4.69, 9.17) is 9.47 Å². The molecule has 5 aromatic carbocycles. The van der Waals surface area contributed by atoms with E-state index in [-0.39, 0.29) is 49.0 Å². The number of para-hydroxylation sites is 1. The molecule has 4 heterocycles. The molecule has 0 aromatic heterocycles. The van der Waals surface area contributed by atoms with Gasteiger partial charge >= 0.3 is 0 Å². The van der Waals surface area contributed by atoms with Crippen LogP contribution in [0, 0.1) is 5.92 Å². The number of ether oxygens (including phenoxy) is 2. The van der Waals surface area contributed by atoms with Gasteiger partial charge in [0.05, 0.1) is 43.2 Å². The van der Waals surface area contributed by atoms with E-state index in [9.17, 15) is 19.5 Å². The summed E-state index contributed by atoms with van der Waals surface area (Å²) in [5, 5.41) is 12.8. The number of aliphatic hydroxyl groups excluding tert-OH is 1. The molecule has 0 radical (unpaired) electrons. The van der Waals surface area contributed by atoms with Crippen molar-refractivity contribution in [2.45, 2.75) is 57.0 Å². The molecule has 10 heteroatoms. The van der Waals surface area contributed by atoms with Crippen molar-refractivity contribution in [2.24, 2.45) is 5.92 Å². The monoisotopic (exact) mass is 762 g/mol. The van der Waals surface area contributed by atoms with Gasteiger partial charge in [-0.3, -0.25) is 19.3 Å². The number of fused-ring (bicyclic) bond motifs is 1. The van der Waals surface area contributed by atoms with Gasteiger partial charge in [0.2, 0.25) is 5.91 Å². The lowest BCUT2D eigenvalue weighted by molar-refractivity contribution is -0.276. The summed E-state index contributed by atoms with van der Waals surface area (Å²) in [6, 6.07) is 41.2. The van der Waals surface area contributed by atoms with Crippen LogP contribution in [-0.2, 0) is 27.4 Å². The largest absolute Gasteiger partial charge is 0.392 e. The van der Waals surface area contributed by atoms with E-state index in [1.807, 2.05) is 84.9 Å². The summed E-state index contributed by atoms with van der Waals surface area (Å²) in [6.07, 6.45) is 0.345. The van der Waals surface area contributed by atoms with E-state index in [2.05, 4.69) is 40.2 Å². The molecule has 57 heavy (non-hydrogen) atoms. The number of benzene rings is 5. The third kappa shape index (κ3) is 6.93. The Bertz CT molecular complexity index is 2250. The van der Waals surface area contributed by atoms with Crippen molar-refractivity contribution in [2.75, 3.05) is 31.2 Å². The third-order valence-electron chi connectivity index (χ3n) is 12.3. The first kappa shape index (κ1) is 37.0. The maximum Gasteiger partial charge on any atom is 0.261 e. The van der Waals surface area contributed by atoms with Crippen molar-refractivity contribution in [1.29, 1.82) is 0 Å². The summed E-state index contributed by atoms with van der Waals surface area (Å²) in [6.45, 7) is 5.05. The minimum Gasteiger partial charge on any atom is -0.392 e. The quantitative estimate of drug-likeness (QED) is 0.157. The number of rotatable bonds is 9. The molecule has 4 aliphatic heterocycles. The molecule has 0 bridgehead atoms. The van der Waals surface area contributed by atoms with Gasteiger partial charge in [0.25, 0.3) is 11.8 Å². The molecular weight excluding hydrogens is 717 g/mol. The topological polar surface area (TPSA) is 112 Å². The maximum atomic E-state index is 13.4. The highest BCUT2D eigenvalue weighted by Crippen LogP contribution is 2.43. The second kappa shape index (κ2) is 15.4. The molecule has 0 saturated carbocycles. The van der Waals surface area contributed by atoms with Crippen LogP contribution >= 0.6 is 0 Å². The number of hydrogen-bond donors (Lipinski definition) is 2. The number of anilines is 1. The van der Waals surface area contributed by atoms with Crippen molar-refractivity contribution < 1.29 is 29.0 Å². The second-order valence-corrected chi connectivity index (χ2v) is 15.6. The number of amides is 3. The second-order valence-electron chi connectivity index (χ2n) is 15.6. The third-order valence-corrected chi connectivity index (χ3v) is 12.3. The van der Waals surface area contributed by atoms with E-state index in [1.54, 1.807) is 24.3 Å². The molecule has 2 N–H and O–H groups in total. The summed E-state index contributed by atoms with van der Waals surface area (Å²) in [7, 11) is 0. The van der Waals surface area contributed by atoms with Crippen LogP contribution in [0.15, 0.2) is 127 Å². The Morgan fingerprint density at radius 1 is 0.719 bits per heavy atom. The van der Waals surface area contributed by atoms with Gasteiger partial charge in [-0.05, 0) is 77.1 Å². The Kier molecular flexibility index (Phi) is 9.96. The van der Waals surface area contributed by atoms with Crippen LogP contribution < -0.4 is 10.2 Å². The standard InChI is InChI=1S/C47H46N4O6/c1-31-41(28-49-23-21-47(22-24-49)46(55)48-30-51(47)38-13-3-2-4-14-38)56-45(57-42(31)34-19-17-32(29-52)18-20-34)37-12-8-11-36(26-37)35-10-7-9-33(25-35)27-50-43(53)39-15-5-6-16-40(39)44(50)54/h2-20,25-26,31,41-42,45,52H,21-24,27-30H2,1H3,(H,48,55)/t31-,41+,42+,45+/m0/s1. The van der Waals surface area contributed by atoms with Gasteiger partial charge in [0.1, 0.15) is 5.54 Å². The van der Waals surface area contributed by atoms with E-state index in [1.165, 1.54) is 4.90 Å². The number of carbonyl (C=O) groups is 3. The smallest absolute Gasteiger partial charge is 0.261 e. The fourth-order valence-corrected chi connectivity index (χ4v) is 9.00. The molecule has 5 aromatic rings. The van der Waals surface area contributed by atoms with Gasteiger partial charge < -0.3 is 29.7 Å². The molecule has 3 amide bonds. The highest BCUT2D eigenvalue weighted by Gasteiger charge is 2.51. The Morgan fingerprint density at radius 2 is 1.39 bits per heavy atom. The number of likely N-dealkylation sites (tertiary alicyclic amines) is 1. The van der Waals surface area contributed by atoms with Gasteiger partial charge in [-0.1, -0.05) is 97.9 Å². The van der Waals surface area contributed by atoms with E-state index in [0.717, 1.165) is 65.0 Å². The number of nitrogens with one attached hydrogen (secondary N) is 1. The van der Waals surface area contributed by atoms with Crippen LogP contribution in [0.4, 0.5) is 5.69 Å². The average molecular weight is 763 g/mol. The van der Waals surface area contributed by atoms with Crippen molar-refractivity contribution in [3.05, 3.63) is 161 Å². The number of piperidine rings is 1. The zero-order chi connectivity index (χ0) is 39.1. The van der Waals surface area contributed by atoms with Crippen molar-refractivity contribution in [1.82, 2.24) is 15.1 Å². The number of aliphatic hydroxyl groups is 1. The van der Waals surface area contributed by atoms with E-state index < -0.39 is 11.8 Å². The number of carbonyl (C=O) groups excluding carboxylic acids is 3. The fraction of sp³-hybridized carbons (Fsp3) is 0.298. The molecule has 290 valence electrons. The fourth-order valence-electron chi connectivity index (χ4n) is 9.00. The lowest BCUT2D eigenvalue weighted by Gasteiger charge is -2.46. The SMILES string of the molecule is C[C@H]1[C@@H](CN2CCC3(CC2)C(=O)NCN3c2ccccc2)O[C@@H](c2cccc(-c3cccc(CN4C(=O)c5ccccc5C4=O)c3)c2)O[C@H]1c1ccc(CO)cc1. The molecule has 9 rings (SSSR count). The summed E-state index contributed by atoms with van der Waals surface area (Å²) >= 11 is 0. The van der Waals surface area contributed by atoms with Gasteiger partial charge in [-0.15, -0.1) is 0 Å². The first-order valence-corrected chi connectivity index (χ1v) is 19.8. The molecule has 1 spiro atoms. The summed E-state index contributed by atoms with van der Waals surface area (Å²) in [5.41, 5.74) is 6.87. The van der Waals surface area contributed by atoms with Gasteiger partial charge in [-0.25, -0.2) is 0 Å². The molecule has 0 unspecified atom stereocenters. The molecule has 4 atom stereocenters.